The van der Waals surface area contributed by atoms with Crippen LogP contribution in [0.15, 0.2) is 12.2 Å². The fraction of sp³-hybridized carbons (Fsp3) is 0.667. The highest BCUT2D eigenvalue weighted by molar-refractivity contribution is 5.86. The molecule has 0 aromatic rings. The Labute approximate surface area is 97.1 Å². The molecule has 0 heterocycles. The lowest BCUT2D eigenvalue weighted by Gasteiger charge is -2.07. The van der Waals surface area contributed by atoms with Crippen LogP contribution in [-0.4, -0.2) is 25.0 Å². The summed E-state index contributed by atoms with van der Waals surface area (Å²) in [6, 6.07) is 0. The van der Waals surface area contributed by atoms with Crippen molar-refractivity contribution in [2.75, 3.05) is 13.2 Å². The van der Waals surface area contributed by atoms with E-state index in [9.17, 15) is 9.59 Å². The molecular formula is C12H21NO3. The summed E-state index contributed by atoms with van der Waals surface area (Å²) in [5, 5.41) is 2.80. The molecule has 0 saturated carbocycles. The zero-order chi connectivity index (χ0) is 12.6. The smallest absolute Gasteiger partial charge is 0.333 e. The molecule has 1 amide bonds. The molecular weight excluding hydrogens is 206 g/mol. The van der Waals surface area contributed by atoms with Crippen molar-refractivity contribution in [2.45, 2.75) is 33.6 Å². The maximum atomic E-state index is 11.2. The van der Waals surface area contributed by atoms with Crippen LogP contribution in [0.5, 0.6) is 0 Å². The minimum Gasteiger partial charge on any atom is -0.462 e. The SMILES string of the molecule is C=C(C)C(=O)OCCCCNC(=O)C(C)C. The molecule has 0 aliphatic carbocycles. The van der Waals surface area contributed by atoms with Crippen molar-refractivity contribution in [1.82, 2.24) is 5.32 Å². The molecule has 0 spiro atoms. The van der Waals surface area contributed by atoms with Gasteiger partial charge in [0.2, 0.25) is 5.91 Å². The number of esters is 1. The summed E-state index contributed by atoms with van der Waals surface area (Å²) in [7, 11) is 0. The Bertz CT molecular complexity index is 259. The van der Waals surface area contributed by atoms with Crippen LogP contribution in [0.3, 0.4) is 0 Å². The number of unbranched alkanes of at least 4 members (excludes halogenated alkanes) is 1. The first-order valence-corrected chi connectivity index (χ1v) is 5.55. The van der Waals surface area contributed by atoms with Gasteiger partial charge in [0.15, 0.2) is 0 Å². The molecule has 0 fully saturated rings. The lowest BCUT2D eigenvalue weighted by atomic mass is 10.2. The Hall–Kier alpha value is -1.32. The molecule has 0 rings (SSSR count). The number of carbonyl (C=O) groups excluding carboxylic acids is 2. The Morgan fingerprint density at radius 1 is 1.31 bits per heavy atom. The van der Waals surface area contributed by atoms with Gasteiger partial charge in [-0.25, -0.2) is 4.79 Å². The zero-order valence-corrected chi connectivity index (χ0v) is 10.3. The van der Waals surface area contributed by atoms with E-state index in [1.54, 1.807) is 6.92 Å². The first kappa shape index (κ1) is 14.7. The fourth-order valence-corrected chi connectivity index (χ4v) is 0.931. The Balaban J connectivity index is 3.38. The van der Waals surface area contributed by atoms with Gasteiger partial charge in [-0.3, -0.25) is 4.79 Å². The van der Waals surface area contributed by atoms with E-state index in [-0.39, 0.29) is 17.8 Å². The number of amides is 1. The molecule has 4 nitrogen and oxygen atoms in total. The van der Waals surface area contributed by atoms with E-state index in [1.807, 2.05) is 13.8 Å². The Morgan fingerprint density at radius 2 is 1.94 bits per heavy atom. The number of hydrogen-bond donors (Lipinski definition) is 1. The molecule has 0 radical (unpaired) electrons. The highest BCUT2D eigenvalue weighted by Crippen LogP contribution is 1.96. The van der Waals surface area contributed by atoms with E-state index < -0.39 is 0 Å². The summed E-state index contributed by atoms with van der Waals surface area (Å²) in [6.45, 7) is 9.80. The minimum atomic E-state index is -0.355. The zero-order valence-electron chi connectivity index (χ0n) is 10.3. The summed E-state index contributed by atoms with van der Waals surface area (Å²) in [5.74, 6) is -0.286. The van der Waals surface area contributed by atoms with Crippen LogP contribution >= 0.6 is 0 Å². The van der Waals surface area contributed by atoms with Gasteiger partial charge < -0.3 is 10.1 Å². The predicted octanol–water partition coefficient (Wildman–Crippen LogP) is 1.66. The maximum Gasteiger partial charge on any atom is 0.333 e. The number of carbonyl (C=O) groups is 2. The van der Waals surface area contributed by atoms with E-state index in [1.165, 1.54) is 0 Å². The van der Waals surface area contributed by atoms with Gasteiger partial charge in [-0.15, -0.1) is 0 Å². The third-order valence-electron chi connectivity index (χ3n) is 1.98. The van der Waals surface area contributed by atoms with E-state index >= 15 is 0 Å². The van der Waals surface area contributed by atoms with E-state index in [2.05, 4.69) is 11.9 Å². The quantitative estimate of drug-likeness (QED) is 0.409. The first-order valence-electron chi connectivity index (χ1n) is 5.55. The second-order valence-electron chi connectivity index (χ2n) is 4.07. The van der Waals surface area contributed by atoms with Crippen LogP contribution in [0, 0.1) is 5.92 Å². The number of ether oxygens (including phenoxy) is 1. The Morgan fingerprint density at radius 3 is 2.44 bits per heavy atom. The lowest BCUT2D eigenvalue weighted by molar-refractivity contribution is -0.139. The predicted molar refractivity (Wildman–Crippen MR) is 62.9 cm³/mol. The van der Waals surface area contributed by atoms with Crippen molar-refractivity contribution in [3.8, 4) is 0 Å². The van der Waals surface area contributed by atoms with Crippen LogP contribution in [0.1, 0.15) is 33.6 Å². The highest BCUT2D eigenvalue weighted by Gasteiger charge is 2.05. The van der Waals surface area contributed by atoms with Crippen LogP contribution in [0.25, 0.3) is 0 Å². The fourth-order valence-electron chi connectivity index (χ4n) is 0.931. The largest absolute Gasteiger partial charge is 0.462 e. The third-order valence-corrected chi connectivity index (χ3v) is 1.98. The topological polar surface area (TPSA) is 55.4 Å². The molecule has 0 atom stereocenters. The van der Waals surface area contributed by atoms with Crippen molar-refractivity contribution >= 4 is 11.9 Å². The molecule has 0 bridgehead atoms. The van der Waals surface area contributed by atoms with Crippen LogP contribution < -0.4 is 5.32 Å². The van der Waals surface area contributed by atoms with Crippen molar-refractivity contribution in [3.63, 3.8) is 0 Å². The highest BCUT2D eigenvalue weighted by atomic mass is 16.5. The molecule has 0 aromatic carbocycles. The van der Waals surface area contributed by atoms with Crippen LogP contribution in [0.2, 0.25) is 0 Å². The van der Waals surface area contributed by atoms with Crippen LogP contribution in [-0.2, 0) is 14.3 Å². The summed E-state index contributed by atoms with van der Waals surface area (Å²) in [4.78, 5) is 22.1. The van der Waals surface area contributed by atoms with Gasteiger partial charge in [0.05, 0.1) is 6.61 Å². The summed E-state index contributed by atoms with van der Waals surface area (Å²) >= 11 is 0. The minimum absolute atomic E-state index is 0.0150. The summed E-state index contributed by atoms with van der Waals surface area (Å²) in [6.07, 6.45) is 1.55. The van der Waals surface area contributed by atoms with Gasteiger partial charge in [-0.2, -0.15) is 0 Å². The average Bonchev–Trinajstić information content (AvgIpc) is 2.21. The van der Waals surface area contributed by atoms with Gasteiger partial charge in [0, 0.05) is 18.0 Å². The Kier molecular flexibility index (Phi) is 7.25. The molecule has 0 aliphatic rings. The summed E-state index contributed by atoms with van der Waals surface area (Å²) < 4.78 is 4.91. The second kappa shape index (κ2) is 7.91. The van der Waals surface area contributed by atoms with Gasteiger partial charge >= 0.3 is 5.97 Å². The summed E-state index contributed by atoms with van der Waals surface area (Å²) in [5.41, 5.74) is 0.410. The van der Waals surface area contributed by atoms with Gasteiger partial charge in [0.25, 0.3) is 0 Å². The average molecular weight is 227 g/mol. The van der Waals surface area contributed by atoms with Gasteiger partial charge in [-0.1, -0.05) is 20.4 Å². The standard InChI is InChI=1S/C12H21NO3/c1-9(2)11(14)13-7-5-6-8-16-12(15)10(3)4/h9H,3,5-8H2,1-2,4H3,(H,13,14). The molecule has 4 heteroatoms. The van der Waals surface area contributed by atoms with Gasteiger partial charge in [-0.05, 0) is 19.8 Å². The first-order chi connectivity index (χ1) is 7.45. The molecule has 92 valence electrons. The van der Waals surface area contributed by atoms with E-state index in [0.717, 1.165) is 12.8 Å². The maximum absolute atomic E-state index is 11.2. The molecule has 0 aliphatic heterocycles. The molecule has 16 heavy (non-hydrogen) atoms. The van der Waals surface area contributed by atoms with Crippen molar-refractivity contribution < 1.29 is 14.3 Å². The third kappa shape index (κ3) is 7.04. The number of rotatable bonds is 7. The van der Waals surface area contributed by atoms with Gasteiger partial charge in [0.1, 0.15) is 0 Å². The second-order valence-corrected chi connectivity index (χ2v) is 4.07. The van der Waals surface area contributed by atoms with E-state index in [0.29, 0.717) is 18.7 Å². The molecule has 0 unspecified atom stereocenters. The van der Waals surface area contributed by atoms with Crippen molar-refractivity contribution in [3.05, 3.63) is 12.2 Å². The van der Waals surface area contributed by atoms with Crippen molar-refractivity contribution in [2.24, 2.45) is 5.92 Å². The number of nitrogens with one attached hydrogen (secondary N) is 1. The van der Waals surface area contributed by atoms with Crippen molar-refractivity contribution in [1.29, 1.82) is 0 Å². The molecule has 1 N–H and O–H groups in total. The molecule has 0 saturated heterocycles. The number of hydrogen-bond acceptors (Lipinski definition) is 3. The normalized spacial score (nSPS) is 10.0. The van der Waals surface area contributed by atoms with Crippen LogP contribution in [0.4, 0.5) is 0 Å². The monoisotopic (exact) mass is 227 g/mol. The van der Waals surface area contributed by atoms with E-state index in [4.69, 9.17) is 4.74 Å². The lowest BCUT2D eigenvalue weighted by Crippen LogP contribution is -2.28. The molecule has 0 aromatic heterocycles.